The van der Waals surface area contributed by atoms with Crippen molar-refractivity contribution in [3.63, 3.8) is 0 Å². The first-order valence-electron chi connectivity index (χ1n) is 11.7. The topological polar surface area (TPSA) is 119 Å². The lowest BCUT2D eigenvalue weighted by Gasteiger charge is -2.25. The van der Waals surface area contributed by atoms with Crippen molar-refractivity contribution < 1.29 is 4.79 Å². The van der Waals surface area contributed by atoms with Crippen LogP contribution in [-0.4, -0.2) is 31.8 Å². The first kappa shape index (κ1) is 25.7. The highest BCUT2D eigenvalue weighted by molar-refractivity contribution is 6.05. The fourth-order valence-electron chi connectivity index (χ4n) is 4.00. The van der Waals surface area contributed by atoms with Gasteiger partial charge in [0.2, 0.25) is 0 Å². The fraction of sp³-hybridized carbons (Fsp3) is 0.385. The van der Waals surface area contributed by atoms with E-state index in [0.717, 1.165) is 22.6 Å². The van der Waals surface area contributed by atoms with Gasteiger partial charge in [-0.15, -0.1) is 0 Å². The molecule has 9 nitrogen and oxygen atoms in total. The van der Waals surface area contributed by atoms with Gasteiger partial charge in [-0.05, 0) is 43.9 Å². The number of aryl methyl sites for hydroxylation is 1. The van der Waals surface area contributed by atoms with Gasteiger partial charge in [0.25, 0.3) is 11.5 Å². The maximum absolute atomic E-state index is 13.4. The van der Waals surface area contributed by atoms with Gasteiger partial charge in [0.15, 0.2) is 5.69 Å². The van der Waals surface area contributed by atoms with Crippen LogP contribution in [-0.2, 0) is 11.3 Å². The standard InChI is InChI=1S/C26H34N6O3/c1-16(2)14-30(23-24(27)31(15-17(3)4)26(35)28-25(23)34)22(33)13-12-21-18(5)29-32(19(21)6)20-10-8-7-9-11-20/h7-13,16-17H,14-15,27H2,1-6H3,(H,28,34,35)/b13-12+. The van der Waals surface area contributed by atoms with E-state index in [1.54, 1.807) is 6.08 Å². The third-order valence-electron chi connectivity index (χ3n) is 5.59. The number of nitrogens with zero attached hydrogens (tertiary/aromatic N) is 4. The minimum Gasteiger partial charge on any atom is -0.383 e. The molecule has 0 saturated carbocycles. The summed E-state index contributed by atoms with van der Waals surface area (Å²) >= 11 is 0. The Morgan fingerprint density at radius 1 is 1.11 bits per heavy atom. The summed E-state index contributed by atoms with van der Waals surface area (Å²) in [5.74, 6) is -0.244. The highest BCUT2D eigenvalue weighted by atomic mass is 16.2. The molecule has 3 rings (SSSR count). The number of hydrogen-bond donors (Lipinski definition) is 2. The summed E-state index contributed by atoms with van der Waals surface area (Å²) in [7, 11) is 0. The van der Waals surface area contributed by atoms with Crippen LogP contribution in [0.25, 0.3) is 11.8 Å². The van der Waals surface area contributed by atoms with Gasteiger partial charge in [0.05, 0.1) is 11.4 Å². The molecule has 2 aromatic heterocycles. The second kappa shape index (κ2) is 10.6. The van der Waals surface area contributed by atoms with E-state index < -0.39 is 17.2 Å². The summed E-state index contributed by atoms with van der Waals surface area (Å²) in [6, 6.07) is 9.74. The third-order valence-corrected chi connectivity index (χ3v) is 5.59. The van der Waals surface area contributed by atoms with E-state index in [4.69, 9.17) is 5.73 Å². The summed E-state index contributed by atoms with van der Waals surface area (Å²) < 4.78 is 3.14. The van der Waals surface area contributed by atoms with Gasteiger partial charge in [-0.1, -0.05) is 45.9 Å². The Hall–Kier alpha value is -3.88. The Morgan fingerprint density at radius 2 is 1.77 bits per heavy atom. The molecule has 0 unspecified atom stereocenters. The number of nitrogen functional groups attached to an aromatic ring is 1. The molecule has 3 N–H and O–H groups in total. The maximum atomic E-state index is 13.4. The molecule has 1 amide bonds. The lowest BCUT2D eigenvalue weighted by Crippen LogP contribution is -2.42. The number of aromatic nitrogens is 4. The van der Waals surface area contributed by atoms with Crippen molar-refractivity contribution in [1.82, 2.24) is 19.3 Å². The zero-order valence-corrected chi connectivity index (χ0v) is 21.2. The number of aromatic amines is 1. The van der Waals surface area contributed by atoms with Crippen LogP contribution in [0.15, 0.2) is 46.0 Å². The van der Waals surface area contributed by atoms with Crippen LogP contribution in [0.3, 0.4) is 0 Å². The smallest absolute Gasteiger partial charge is 0.330 e. The number of rotatable bonds is 8. The summed E-state index contributed by atoms with van der Waals surface area (Å²) in [5, 5.41) is 4.61. The molecule has 0 atom stereocenters. The SMILES string of the molecule is Cc1nn(-c2ccccc2)c(C)c1/C=C/C(=O)N(CC(C)C)c1c(N)n(CC(C)C)c(=O)[nH]c1=O. The highest BCUT2D eigenvalue weighted by Gasteiger charge is 2.24. The minimum absolute atomic E-state index is 0.0120. The van der Waals surface area contributed by atoms with Gasteiger partial charge in [-0.3, -0.25) is 19.1 Å². The average molecular weight is 479 g/mol. The van der Waals surface area contributed by atoms with Crippen molar-refractivity contribution in [3.8, 4) is 5.69 Å². The number of carbonyl (C=O) groups is 1. The summed E-state index contributed by atoms with van der Waals surface area (Å²) in [5.41, 5.74) is 8.40. The van der Waals surface area contributed by atoms with Crippen LogP contribution in [0, 0.1) is 25.7 Å². The second-order valence-electron chi connectivity index (χ2n) is 9.51. The first-order chi connectivity index (χ1) is 16.5. The van der Waals surface area contributed by atoms with Gasteiger partial charge in [0.1, 0.15) is 5.82 Å². The van der Waals surface area contributed by atoms with Gasteiger partial charge in [-0.2, -0.15) is 5.10 Å². The number of benzene rings is 1. The van der Waals surface area contributed by atoms with Crippen molar-refractivity contribution >= 4 is 23.5 Å². The molecular formula is C26H34N6O3. The number of anilines is 2. The Morgan fingerprint density at radius 3 is 2.37 bits per heavy atom. The molecule has 0 aliphatic rings. The van der Waals surface area contributed by atoms with Crippen molar-refractivity contribution in [2.75, 3.05) is 17.2 Å². The van der Waals surface area contributed by atoms with Crippen LogP contribution in [0.1, 0.15) is 44.6 Å². The lowest BCUT2D eigenvalue weighted by atomic mass is 10.1. The minimum atomic E-state index is -0.681. The van der Waals surface area contributed by atoms with E-state index in [0.29, 0.717) is 6.54 Å². The fourth-order valence-corrected chi connectivity index (χ4v) is 4.00. The molecule has 0 aliphatic carbocycles. The van der Waals surface area contributed by atoms with E-state index in [1.165, 1.54) is 15.5 Å². The van der Waals surface area contributed by atoms with Gasteiger partial charge < -0.3 is 10.6 Å². The zero-order valence-electron chi connectivity index (χ0n) is 21.2. The van der Waals surface area contributed by atoms with Crippen LogP contribution in [0.2, 0.25) is 0 Å². The molecule has 0 radical (unpaired) electrons. The van der Waals surface area contributed by atoms with Crippen LogP contribution in [0.4, 0.5) is 11.5 Å². The van der Waals surface area contributed by atoms with Crippen LogP contribution in [0.5, 0.6) is 0 Å². The molecule has 1 aromatic carbocycles. The molecule has 0 saturated heterocycles. The number of nitrogens with one attached hydrogen (secondary N) is 1. The number of para-hydroxylation sites is 1. The molecular weight excluding hydrogens is 444 g/mol. The zero-order chi connectivity index (χ0) is 25.9. The Labute approximate surface area is 204 Å². The lowest BCUT2D eigenvalue weighted by molar-refractivity contribution is -0.114. The highest BCUT2D eigenvalue weighted by Crippen LogP contribution is 2.22. The average Bonchev–Trinajstić information content (AvgIpc) is 3.07. The predicted molar refractivity (Wildman–Crippen MR) is 140 cm³/mol. The first-order valence-corrected chi connectivity index (χ1v) is 11.7. The molecule has 0 bridgehead atoms. The Bertz CT molecular complexity index is 1350. The monoisotopic (exact) mass is 478 g/mol. The molecule has 0 spiro atoms. The van der Waals surface area contributed by atoms with Gasteiger partial charge >= 0.3 is 5.69 Å². The summed E-state index contributed by atoms with van der Waals surface area (Å²) in [6.45, 7) is 12.2. The molecule has 2 heterocycles. The predicted octanol–water partition coefficient (Wildman–Crippen LogP) is 3.28. The van der Waals surface area contributed by atoms with E-state index in [-0.39, 0.29) is 29.9 Å². The molecule has 0 fully saturated rings. The Kier molecular flexibility index (Phi) is 7.78. The Balaban J connectivity index is 2.03. The summed E-state index contributed by atoms with van der Waals surface area (Å²) in [6.07, 6.45) is 3.13. The number of H-pyrrole nitrogens is 1. The van der Waals surface area contributed by atoms with Gasteiger partial charge in [0, 0.05) is 30.4 Å². The van der Waals surface area contributed by atoms with E-state index in [1.807, 2.05) is 76.6 Å². The number of hydrogen-bond acceptors (Lipinski definition) is 5. The molecule has 3 aromatic rings. The molecule has 186 valence electrons. The maximum Gasteiger partial charge on any atom is 0.330 e. The van der Waals surface area contributed by atoms with Crippen LogP contribution < -0.4 is 21.9 Å². The van der Waals surface area contributed by atoms with Crippen molar-refractivity contribution in [1.29, 1.82) is 0 Å². The molecule has 0 aliphatic heterocycles. The number of nitrogens with two attached hydrogens (primary N) is 1. The van der Waals surface area contributed by atoms with E-state index in [9.17, 15) is 14.4 Å². The molecule has 35 heavy (non-hydrogen) atoms. The normalized spacial score (nSPS) is 11.7. The van der Waals surface area contributed by atoms with Crippen molar-refractivity contribution in [2.45, 2.75) is 48.1 Å². The second-order valence-corrected chi connectivity index (χ2v) is 9.51. The largest absolute Gasteiger partial charge is 0.383 e. The third kappa shape index (κ3) is 5.62. The van der Waals surface area contributed by atoms with E-state index >= 15 is 0 Å². The van der Waals surface area contributed by atoms with Crippen molar-refractivity contribution in [2.24, 2.45) is 11.8 Å². The molecule has 9 heteroatoms. The quantitative estimate of drug-likeness (QED) is 0.482. The number of amides is 1. The summed E-state index contributed by atoms with van der Waals surface area (Å²) in [4.78, 5) is 42.2. The van der Waals surface area contributed by atoms with E-state index in [2.05, 4.69) is 10.1 Å². The van der Waals surface area contributed by atoms with Crippen LogP contribution >= 0.6 is 0 Å². The van der Waals surface area contributed by atoms with Gasteiger partial charge in [-0.25, -0.2) is 9.48 Å². The number of carbonyl (C=O) groups excluding carboxylic acids is 1. The van der Waals surface area contributed by atoms with Crippen molar-refractivity contribution in [3.05, 3.63) is 74.2 Å².